The molecule has 0 bridgehead atoms. The van der Waals surface area contributed by atoms with Gasteiger partial charge in [0.15, 0.2) is 0 Å². The maximum absolute atomic E-state index is 13.6. The first kappa shape index (κ1) is 15.5. The minimum Gasteiger partial charge on any atom is -0.385 e. The second-order valence-corrected chi connectivity index (χ2v) is 5.90. The molecule has 1 N–H and O–H groups in total. The number of hydrogen-bond acceptors (Lipinski definition) is 1. The summed E-state index contributed by atoms with van der Waals surface area (Å²) in [6.45, 7) is 0. The van der Waals surface area contributed by atoms with Crippen LogP contribution in [-0.4, -0.2) is 11.0 Å². The Labute approximate surface area is 131 Å². The van der Waals surface area contributed by atoms with Crippen molar-refractivity contribution in [3.8, 4) is 0 Å². The van der Waals surface area contributed by atoms with Gasteiger partial charge in [0.25, 0.3) is 0 Å². The second-order valence-electron chi connectivity index (χ2n) is 4.73. The molecule has 106 valence electrons. The molecule has 2 aromatic rings. The Bertz CT molecular complexity index is 576. The lowest BCUT2D eigenvalue weighted by Crippen LogP contribution is -2.29. The summed E-state index contributed by atoms with van der Waals surface area (Å²) in [7, 11) is 0. The Morgan fingerprint density at radius 2 is 1.80 bits per heavy atom. The Morgan fingerprint density at radius 1 is 1.10 bits per heavy atom. The first-order chi connectivity index (χ1) is 9.57. The van der Waals surface area contributed by atoms with E-state index < -0.39 is 5.60 Å². The molecule has 1 atom stereocenters. The van der Waals surface area contributed by atoms with Crippen LogP contribution in [0.1, 0.15) is 17.5 Å². The minimum absolute atomic E-state index is 0.308. The van der Waals surface area contributed by atoms with Crippen molar-refractivity contribution in [3.63, 3.8) is 0 Å². The summed E-state index contributed by atoms with van der Waals surface area (Å²) in [5.41, 5.74) is 0.414. The van der Waals surface area contributed by atoms with Gasteiger partial charge in [-0.1, -0.05) is 42.5 Å². The van der Waals surface area contributed by atoms with Gasteiger partial charge in [-0.3, -0.25) is 0 Å². The smallest absolute Gasteiger partial charge is 0.137 e. The average molecular weight is 358 g/mol. The number of rotatable bonds is 5. The van der Waals surface area contributed by atoms with Crippen LogP contribution in [-0.2, 0) is 12.0 Å². The molecule has 0 fully saturated rings. The lowest BCUT2D eigenvalue weighted by atomic mass is 9.85. The molecule has 2 rings (SSSR count). The largest absolute Gasteiger partial charge is 0.385 e. The predicted molar refractivity (Wildman–Crippen MR) is 83.5 cm³/mol. The van der Waals surface area contributed by atoms with E-state index in [2.05, 4.69) is 15.9 Å². The SMILES string of the molecule is OC(CCCl)(Cc1cccc(F)c1Br)c1ccccc1. The van der Waals surface area contributed by atoms with Crippen molar-refractivity contribution in [1.29, 1.82) is 0 Å². The highest BCUT2D eigenvalue weighted by atomic mass is 79.9. The second kappa shape index (κ2) is 6.70. The van der Waals surface area contributed by atoms with E-state index in [1.807, 2.05) is 30.3 Å². The fourth-order valence-corrected chi connectivity index (χ4v) is 2.96. The Hall–Kier alpha value is -0.900. The van der Waals surface area contributed by atoms with Gasteiger partial charge in [0.2, 0.25) is 0 Å². The predicted octanol–water partition coefficient (Wildman–Crippen LogP) is 4.65. The van der Waals surface area contributed by atoms with Gasteiger partial charge in [0.05, 0.1) is 10.1 Å². The molecule has 0 aliphatic carbocycles. The van der Waals surface area contributed by atoms with Crippen molar-refractivity contribution in [1.82, 2.24) is 0 Å². The molecule has 0 aromatic heterocycles. The van der Waals surface area contributed by atoms with Crippen LogP contribution < -0.4 is 0 Å². The highest BCUT2D eigenvalue weighted by molar-refractivity contribution is 9.10. The molecule has 0 saturated carbocycles. The molecule has 0 aliphatic rings. The molecule has 0 amide bonds. The fourth-order valence-electron chi connectivity index (χ4n) is 2.24. The zero-order valence-corrected chi connectivity index (χ0v) is 13.2. The average Bonchev–Trinajstić information content (AvgIpc) is 2.45. The van der Waals surface area contributed by atoms with Gasteiger partial charge >= 0.3 is 0 Å². The molecule has 0 saturated heterocycles. The summed E-state index contributed by atoms with van der Waals surface area (Å²) in [6, 6.07) is 14.2. The van der Waals surface area contributed by atoms with Crippen molar-refractivity contribution in [2.45, 2.75) is 18.4 Å². The first-order valence-corrected chi connectivity index (χ1v) is 7.66. The Kier molecular flexibility index (Phi) is 5.19. The van der Waals surface area contributed by atoms with Crippen LogP contribution in [0, 0.1) is 5.82 Å². The molecular weight excluding hydrogens is 343 g/mol. The van der Waals surface area contributed by atoms with E-state index in [1.54, 1.807) is 12.1 Å². The van der Waals surface area contributed by atoms with Crippen molar-refractivity contribution in [2.24, 2.45) is 0 Å². The van der Waals surface area contributed by atoms with Crippen molar-refractivity contribution in [2.75, 3.05) is 5.88 Å². The molecular formula is C16H15BrClFO. The van der Waals surface area contributed by atoms with E-state index in [-0.39, 0.29) is 5.82 Å². The summed E-state index contributed by atoms with van der Waals surface area (Å²) in [4.78, 5) is 0. The van der Waals surface area contributed by atoms with Crippen LogP contribution in [0.5, 0.6) is 0 Å². The topological polar surface area (TPSA) is 20.2 Å². The molecule has 1 unspecified atom stereocenters. The number of alkyl halides is 1. The van der Waals surface area contributed by atoms with Crippen molar-refractivity contribution < 1.29 is 9.50 Å². The van der Waals surface area contributed by atoms with Crippen molar-refractivity contribution >= 4 is 27.5 Å². The number of benzene rings is 2. The van der Waals surface area contributed by atoms with Crippen LogP contribution in [0.4, 0.5) is 4.39 Å². The number of aliphatic hydroxyl groups is 1. The van der Waals surface area contributed by atoms with Gasteiger partial charge in [-0.15, -0.1) is 11.6 Å². The van der Waals surface area contributed by atoms with Gasteiger partial charge < -0.3 is 5.11 Å². The monoisotopic (exact) mass is 356 g/mol. The Morgan fingerprint density at radius 3 is 2.45 bits per heavy atom. The third-order valence-electron chi connectivity index (χ3n) is 3.33. The van der Waals surface area contributed by atoms with E-state index in [0.29, 0.717) is 23.2 Å². The molecule has 4 heteroatoms. The molecule has 0 aliphatic heterocycles. The zero-order chi connectivity index (χ0) is 14.6. The maximum Gasteiger partial charge on any atom is 0.137 e. The first-order valence-electron chi connectivity index (χ1n) is 6.33. The lowest BCUT2D eigenvalue weighted by molar-refractivity contribution is 0.0334. The van der Waals surface area contributed by atoms with Crippen LogP contribution in [0.3, 0.4) is 0 Å². The van der Waals surface area contributed by atoms with Gasteiger partial charge in [-0.25, -0.2) is 4.39 Å². The van der Waals surface area contributed by atoms with Gasteiger partial charge in [0.1, 0.15) is 5.82 Å². The van der Waals surface area contributed by atoms with E-state index in [0.717, 1.165) is 11.1 Å². The minimum atomic E-state index is -1.10. The highest BCUT2D eigenvalue weighted by Gasteiger charge is 2.29. The molecule has 2 aromatic carbocycles. The van der Waals surface area contributed by atoms with E-state index in [9.17, 15) is 9.50 Å². The van der Waals surface area contributed by atoms with Gasteiger partial charge in [-0.2, -0.15) is 0 Å². The molecule has 1 nitrogen and oxygen atoms in total. The normalized spacial score (nSPS) is 14.0. The van der Waals surface area contributed by atoms with Gasteiger partial charge in [0, 0.05) is 12.3 Å². The van der Waals surface area contributed by atoms with E-state index in [1.165, 1.54) is 6.07 Å². The van der Waals surface area contributed by atoms with E-state index >= 15 is 0 Å². The third kappa shape index (κ3) is 3.40. The van der Waals surface area contributed by atoms with Crippen LogP contribution in [0.25, 0.3) is 0 Å². The van der Waals surface area contributed by atoms with Crippen LogP contribution in [0.2, 0.25) is 0 Å². The number of hydrogen-bond donors (Lipinski definition) is 1. The molecule has 0 heterocycles. The zero-order valence-electron chi connectivity index (χ0n) is 10.8. The third-order valence-corrected chi connectivity index (χ3v) is 4.41. The summed E-state index contributed by atoms with van der Waals surface area (Å²) in [6.07, 6.45) is 0.712. The van der Waals surface area contributed by atoms with Gasteiger partial charge in [-0.05, 0) is 39.5 Å². The van der Waals surface area contributed by atoms with Crippen LogP contribution in [0.15, 0.2) is 53.0 Å². The summed E-state index contributed by atoms with van der Waals surface area (Å²) < 4.78 is 14.0. The highest BCUT2D eigenvalue weighted by Crippen LogP contribution is 2.33. The van der Waals surface area contributed by atoms with Crippen LogP contribution >= 0.6 is 27.5 Å². The quantitative estimate of drug-likeness (QED) is 0.772. The molecule has 20 heavy (non-hydrogen) atoms. The molecule has 0 spiro atoms. The lowest BCUT2D eigenvalue weighted by Gasteiger charge is -2.28. The summed E-state index contributed by atoms with van der Waals surface area (Å²) in [5, 5.41) is 10.9. The van der Waals surface area contributed by atoms with E-state index in [4.69, 9.17) is 11.6 Å². The molecule has 0 radical (unpaired) electrons. The van der Waals surface area contributed by atoms with Crippen molar-refractivity contribution in [3.05, 3.63) is 69.9 Å². The fraction of sp³-hybridized carbons (Fsp3) is 0.250. The Balaban J connectivity index is 2.37. The maximum atomic E-state index is 13.6. The standard InChI is InChI=1S/C16H15BrClFO/c17-15-12(5-4-8-14(15)19)11-16(20,9-10-18)13-6-2-1-3-7-13/h1-8,20H,9-11H2. The summed E-state index contributed by atoms with van der Waals surface area (Å²) in [5.74, 6) is 0.00185. The number of halogens is 3. The summed E-state index contributed by atoms with van der Waals surface area (Å²) >= 11 is 9.06.